The zero-order chi connectivity index (χ0) is 14.1. The summed E-state index contributed by atoms with van der Waals surface area (Å²) >= 11 is 1.68. The van der Waals surface area contributed by atoms with E-state index in [9.17, 15) is 0 Å². The Hall–Kier alpha value is -1.78. The molecule has 2 aromatic heterocycles. The number of hydrogen-bond acceptors (Lipinski definition) is 4. The second-order valence-corrected chi connectivity index (χ2v) is 6.22. The van der Waals surface area contributed by atoms with Crippen LogP contribution < -0.4 is 5.73 Å². The van der Waals surface area contributed by atoms with Gasteiger partial charge in [0.05, 0.1) is 16.2 Å². The molecule has 0 aliphatic rings. The van der Waals surface area contributed by atoms with Crippen molar-refractivity contribution < 1.29 is 0 Å². The molecular formula is C16H17N3S. The van der Waals surface area contributed by atoms with Crippen molar-refractivity contribution in [1.29, 1.82) is 0 Å². The monoisotopic (exact) mass is 283 g/mol. The molecular weight excluding hydrogens is 266 g/mol. The summed E-state index contributed by atoms with van der Waals surface area (Å²) in [7, 11) is 0. The molecule has 1 atom stereocenters. The van der Waals surface area contributed by atoms with E-state index in [1.54, 1.807) is 11.3 Å². The first kappa shape index (κ1) is 13.2. The molecule has 2 heterocycles. The summed E-state index contributed by atoms with van der Waals surface area (Å²) in [6, 6.07) is 12.3. The van der Waals surface area contributed by atoms with Gasteiger partial charge in [-0.3, -0.25) is 4.98 Å². The molecule has 0 radical (unpaired) electrons. The van der Waals surface area contributed by atoms with Gasteiger partial charge in [-0.05, 0) is 26.0 Å². The van der Waals surface area contributed by atoms with Gasteiger partial charge in [-0.25, -0.2) is 4.98 Å². The molecule has 3 aromatic rings. The maximum Gasteiger partial charge on any atom is 0.0900 e. The molecule has 0 fully saturated rings. The van der Waals surface area contributed by atoms with E-state index >= 15 is 0 Å². The third-order valence-corrected chi connectivity index (χ3v) is 4.57. The van der Waals surface area contributed by atoms with Gasteiger partial charge in [0.2, 0.25) is 0 Å². The molecule has 102 valence electrons. The third-order valence-electron chi connectivity index (χ3n) is 3.36. The summed E-state index contributed by atoms with van der Waals surface area (Å²) in [4.78, 5) is 10.3. The summed E-state index contributed by atoms with van der Waals surface area (Å²) < 4.78 is 0. The molecule has 0 saturated carbocycles. The number of aromatic nitrogens is 2. The number of thiazole rings is 1. The van der Waals surface area contributed by atoms with Gasteiger partial charge in [0.25, 0.3) is 0 Å². The van der Waals surface area contributed by atoms with Crippen LogP contribution in [0.4, 0.5) is 0 Å². The maximum atomic E-state index is 6.32. The molecule has 3 nitrogen and oxygen atoms in total. The van der Waals surface area contributed by atoms with Crippen molar-refractivity contribution in [1.82, 2.24) is 9.97 Å². The van der Waals surface area contributed by atoms with Gasteiger partial charge >= 0.3 is 0 Å². The minimum atomic E-state index is -0.0325. The van der Waals surface area contributed by atoms with Gasteiger partial charge in [-0.15, -0.1) is 11.3 Å². The molecule has 0 saturated heterocycles. The molecule has 4 heteroatoms. The summed E-state index contributed by atoms with van der Waals surface area (Å²) in [6.07, 6.45) is 0.743. The van der Waals surface area contributed by atoms with Crippen LogP contribution >= 0.6 is 11.3 Å². The lowest BCUT2D eigenvalue weighted by Gasteiger charge is -2.10. The number of benzene rings is 1. The quantitative estimate of drug-likeness (QED) is 0.799. The molecule has 1 unspecified atom stereocenters. The molecule has 0 aliphatic carbocycles. The number of aryl methyl sites for hydroxylation is 2. The molecule has 1 aromatic carbocycles. The van der Waals surface area contributed by atoms with Crippen LogP contribution in [0.5, 0.6) is 0 Å². The van der Waals surface area contributed by atoms with Crippen LogP contribution in [-0.4, -0.2) is 9.97 Å². The van der Waals surface area contributed by atoms with E-state index in [2.05, 4.69) is 28.2 Å². The molecule has 0 amide bonds. The number of para-hydroxylation sites is 1. The number of rotatable bonds is 3. The molecule has 0 spiro atoms. The van der Waals surface area contributed by atoms with E-state index in [0.717, 1.165) is 38.6 Å². The number of hydrogen-bond donors (Lipinski definition) is 1. The first-order chi connectivity index (χ1) is 9.63. The minimum Gasteiger partial charge on any atom is -0.323 e. The highest BCUT2D eigenvalue weighted by Crippen LogP contribution is 2.25. The molecule has 0 bridgehead atoms. The Kier molecular flexibility index (Phi) is 3.51. The lowest BCUT2D eigenvalue weighted by Crippen LogP contribution is -2.13. The van der Waals surface area contributed by atoms with Crippen LogP contribution in [0.1, 0.15) is 27.3 Å². The first-order valence-electron chi connectivity index (χ1n) is 6.67. The number of fused-ring (bicyclic) bond motifs is 1. The lowest BCUT2D eigenvalue weighted by molar-refractivity contribution is 0.715. The second kappa shape index (κ2) is 5.31. The molecule has 3 rings (SSSR count). The van der Waals surface area contributed by atoms with Crippen molar-refractivity contribution >= 4 is 22.2 Å². The summed E-state index contributed by atoms with van der Waals surface area (Å²) in [5, 5.41) is 2.23. The van der Waals surface area contributed by atoms with Gasteiger partial charge in [0, 0.05) is 28.4 Å². The van der Waals surface area contributed by atoms with Crippen LogP contribution in [-0.2, 0) is 6.42 Å². The lowest BCUT2D eigenvalue weighted by atomic mass is 10.1. The molecule has 0 aliphatic heterocycles. The maximum absolute atomic E-state index is 6.32. The number of pyridine rings is 1. The van der Waals surface area contributed by atoms with E-state index in [0.29, 0.717) is 0 Å². The highest BCUT2D eigenvalue weighted by atomic mass is 32.1. The van der Waals surface area contributed by atoms with Crippen molar-refractivity contribution in [3.63, 3.8) is 0 Å². The van der Waals surface area contributed by atoms with Gasteiger partial charge in [-0.2, -0.15) is 0 Å². The van der Waals surface area contributed by atoms with Gasteiger partial charge in [-0.1, -0.05) is 24.3 Å². The van der Waals surface area contributed by atoms with Crippen LogP contribution in [0.15, 0.2) is 36.4 Å². The van der Waals surface area contributed by atoms with Crippen LogP contribution in [0, 0.1) is 13.8 Å². The van der Waals surface area contributed by atoms with E-state index in [-0.39, 0.29) is 6.04 Å². The fourth-order valence-corrected chi connectivity index (χ4v) is 3.36. The zero-order valence-electron chi connectivity index (χ0n) is 11.6. The van der Waals surface area contributed by atoms with Crippen LogP contribution in [0.3, 0.4) is 0 Å². The summed E-state index contributed by atoms with van der Waals surface area (Å²) in [5.74, 6) is 0. The summed E-state index contributed by atoms with van der Waals surface area (Å²) in [6.45, 7) is 4.04. The van der Waals surface area contributed by atoms with Crippen molar-refractivity contribution in [3.05, 3.63) is 57.7 Å². The SMILES string of the molecule is Cc1nc(C)c(C(N)Cc2ccc3ccccc3n2)s1. The number of nitrogens with two attached hydrogens (primary N) is 1. The Bertz CT molecular complexity index is 748. The predicted octanol–water partition coefficient (Wildman–Crippen LogP) is 3.55. The van der Waals surface area contributed by atoms with Crippen LogP contribution in [0.2, 0.25) is 0 Å². The highest BCUT2D eigenvalue weighted by Gasteiger charge is 2.14. The fraction of sp³-hybridized carbons (Fsp3) is 0.250. The second-order valence-electron chi connectivity index (χ2n) is 4.99. The van der Waals surface area contributed by atoms with E-state index < -0.39 is 0 Å². The van der Waals surface area contributed by atoms with Crippen molar-refractivity contribution in [2.45, 2.75) is 26.3 Å². The normalized spacial score (nSPS) is 12.8. The Labute approximate surface area is 122 Å². The summed E-state index contributed by atoms with van der Waals surface area (Å²) in [5.41, 5.74) is 9.41. The Balaban J connectivity index is 1.87. The van der Waals surface area contributed by atoms with Gasteiger partial charge in [0.15, 0.2) is 0 Å². The van der Waals surface area contributed by atoms with Gasteiger partial charge in [0.1, 0.15) is 0 Å². The Morgan fingerprint density at radius 1 is 1.10 bits per heavy atom. The average molecular weight is 283 g/mol. The molecule has 2 N–H and O–H groups in total. The van der Waals surface area contributed by atoms with Crippen molar-refractivity contribution in [3.8, 4) is 0 Å². The topological polar surface area (TPSA) is 51.8 Å². The predicted molar refractivity (Wildman–Crippen MR) is 84.0 cm³/mol. The fourth-order valence-electron chi connectivity index (χ4n) is 2.43. The molecule has 20 heavy (non-hydrogen) atoms. The Morgan fingerprint density at radius 2 is 1.90 bits per heavy atom. The minimum absolute atomic E-state index is 0.0325. The largest absolute Gasteiger partial charge is 0.323 e. The first-order valence-corrected chi connectivity index (χ1v) is 7.49. The standard InChI is InChI=1S/C16H17N3S/c1-10-16(20-11(2)18-10)14(17)9-13-8-7-12-5-3-4-6-15(12)19-13/h3-8,14H,9,17H2,1-2H3. The van der Waals surface area contributed by atoms with Crippen molar-refractivity contribution in [2.75, 3.05) is 0 Å². The van der Waals surface area contributed by atoms with E-state index in [1.807, 2.05) is 32.0 Å². The third kappa shape index (κ3) is 2.57. The van der Waals surface area contributed by atoms with Crippen LogP contribution in [0.25, 0.3) is 10.9 Å². The smallest absolute Gasteiger partial charge is 0.0900 e. The van der Waals surface area contributed by atoms with E-state index in [1.165, 1.54) is 0 Å². The number of nitrogens with zero attached hydrogens (tertiary/aromatic N) is 2. The Morgan fingerprint density at radius 3 is 2.65 bits per heavy atom. The highest BCUT2D eigenvalue weighted by molar-refractivity contribution is 7.11. The van der Waals surface area contributed by atoms with Gasteiger partial charge < -0.3 is 5.73 Å². The zero-order valence-corrected chi connectivity index (χ0v) is 12.4. The van der Waals surface area contributed by atoms with Crippen molar-refractivity contribution in [2.24, 2.45) is 5.73 Å². The average Bonchev–Trinajstić information content (AvgIpc) is 2.78. The van der Waals surface area contributed by atoms with E-state index in [4.69, 9.17) is 5.73 Å².